The molecule has 0 radical (unpaired) electrons. The van der Waals surface area contributed by atoms with Crippen LogP contribution in [0.3, 0.4) is 0 Å². The molecular weight excluding hydrogens is 248 g/mol. The van der Waals surface area contributed by atoms with Crippen LogP contribution in [-0.2, 0) is 0 Å². The summed E-state index contributed by atoms with van der Waals surface area (Å²) in [5.74, 6) is -0.227. The van der Waals surface area contributed by atoms with E-state index in [-0.39, 0.29) is 5.82 Å². The van der Waals surface area contributed by atoms with Crippen molar-refractivity contribution < 1.29 is 4.39 Å². The van der Waals surface area contributed by atoms with Crippen LogP contribution in [0.4, 0.5) is 4.39 Å². The molecule has 0 aliphatic carbocycles. The zero-order valence-corrected chi connectivity index (χ0v) is 9.98. The van der Waals surface area contributed by atoms with E-state index in [1.54, 1.807) is 31.2 Å². The largest absolute Gasteiger partial charge is 0.224 e. The topological polar surface area (TPSA) is 12.9 Å². The summed E-state index contributed by atoms with van der Waals surface area (Å²) in [5.41, 5.74) is 2.28. The van der Waals surface area contributed by atoms with E-state index in [2.05, 4.69) is 4.98 Å². The minimum absolute atomic E-state index is 0.227. The van der Waals surface area contributed by atoms with Crippen LogP contribution in [0, 0.1) is 12.7 Å². The third kappa shape index (κ3) is 2.34. The molecule has 0 saturated heterocycles. The van der Waals surface area contributed by atoms with Gasteiger partial charge in [-0.2, -0.15) is 0 Å². The summed E-state index contributed by atoms with van der Waals surface area (Å²) < 4.78 is 13.1. The molecule has 0 spiro atoms. The Labute approximate surface area is 103 Å². The fourth-order valence-electron chi connectivity index (χ4n) is 1.46. The molecule has 82 valence electrons. The Hall–Kier alpha value is -1.12. The number of nitrogens with zero attached hydrogens (tertiary/aromatic N) is 1. The fraction of sp³-hybridized carbons (Fsp3) is 0.0833. The summed E-state index contributed by atoms with van der Waals surface area (Å²) in [4.78, 5) is 3.86. The van der Waals surface area contributed by atoms with Crippen molar-refractivity contribution in [2.45, 2.75) is 6.92 Å². The molecule has 0 unspecified atom stereocenters. The molecule has 1 nitrogen and oxygen atoms in total. The Balaban J connectivity index is 2.54. The van der Waals surface area contributed by atoms with Crippen LogP contribution in [0.1, 0.15) is 5.56 Å². The van der Waals surface area contributed by atoms with Crippen molar-refractivity contribution in [1.82, 2.24) is 4.98 Å². The first-order chi connectivity index (χ1) is 7.56. The third-order valence-electron chi connectivity index (χ3n) is 2.25. The predicted octanol–water partition coefficient (Wildman–Crippen LogP) is 4.50. The van der Waals surface area contributed by atoms with Gasteiger partial charge in [0.2, 0.25) is 0 Å². The van der Waals surface area contributed by atoms with Gasteiger partial charge in [-0.1, -0.05) is 29.3 Å². The van der Waals surface area contributed by atoms with Crippen LogP contribution in [0.15, 0.2) is 30.3 Å². The first-order valence-corrected chi connectivity index (χ1v) is 5.41. The maximum absolute atomic E-state index is 13.1. The molecule has 0 amide bonds. The standard InChI is InChI=1S/C12H8Cl2FN/c1-7-4-8(2-3-10(7)15)9-5-11(13)16-12(14)6-9/h2-6H,1H3. The summed E-state index contributed by atoms with van der Waals surface area (Å²) in [6.45, 7) is 1.71. The van der Waals surface area contributed by atoms with Gasteiger partial charge in [0.05, 0.1) is 0 Å². The van der Waals surface area contributed by atoms with E-state index in [0.29, 0.717) is 15.9 Å². The minimum atomic E-state index is -0.227. The molecule has 0 saturated carbocycles. The smallest absolute Gasteiger partial charge is 0.131 e. The number of halogens is 3. The van der Waals surface area contributed by atoms with Gasteiger partial charge in [-0.15, -0.1) is 0 Å². The number of hydrogen-bond donors (Lipinski definition) is 0. The first-order valence-electron chi connectivity index (χ1n) is 4.66. The van der Waals surface area contributed by atoms with Gasteiger partial charge < -0.3 is 0 Å². The molecule has 0 N–H and O–H groups in total. The van der Waals surface area contributed by atoms with Gasteiger partial charge in [0.15, 0.2) is 0 Å². The molecule has 0 aliphatic rings. The van der Waals surface area contributed by atoms with Crippen LogP contribution in [0.25, 0.3) is 11.1 Å². The lowest BCUT2D eigenvalue weighted by Gasteiger charge is -2.04. The second-order valence-electron chi connectivity index (χ2n) is 3.47. The molecule has 2 aromatic rings. The predicted molar refractivity (Wildman–Crippen MR) is 64.4 cm³/mol. The maximum Gasteiger partial charge on any atom is 0.131 e. The highest BCUT2D eigenvalue weighted by atomic mass is 35.5. The SMILES string of the molecule is Cc1cc(-c2cc(Cl)nc(Cl)c2)ccc1F. The van der Waals surface area contributed by atoms with E-state index in [4.69, 9.17) is 23.2 Å². The highest BCUT2D eigenvalue weighted by molar-refractivity contribution is 6.32. The Morgan fingerprint density at radius 2 is 1.62 bits per heavy atom. The highest BCUT2D eigenvalue weighted by Crippen LogP contribution is 2.26. The Kier molecular flexibility index (Phi) is 3.13. The average Bonchev–Trinajstić information content (AvgIpc) is 2.20. The Morgan fingerprint density at radius 3 is 2.19 bits per heavy atom. The van der Waals surface area contributed by atoms with Crippen LogP contribution >= 0.6 is 23.2 Å². The minimum Gasteiger partial charge on any atom is -0.224 e. The zero-order chi connectivity index (χ0) is 11.7. The van der Waals surface area contributed by atoms with Gasteiger partial charge in [-0.05, 0) is 47.9 Å². The second-order valence-corrected chi connectivity index (χ2v) is 4.24. The van der Waals surface area contributed by atoms with E-state index >= 15 is 0 Å². The summed E-state index contributed by atoms with van der Waals surface area (Å²) in [7, 11) is 0. The molecular formula is C12H8Cl2FN. The van der Waals surface area contributed by atoms with Crippen molar-refractivity contribution in [3.63, 3.8) is 0 Å². The maximum atomic E-state index is 13.1. The quantitative estimate of drug-likeness (QED) is 0.684. The van der Waals surface area contributed by atoms with E-state index in [1.165, 1.54) is 6.07 Å². The van der Waals surface area contributed by atoms with Crippen LogP contribution in [0.2, 0.25) is 10.3 Å². The van der Waals surface area contributed by atoms with Gasteiger partial charge in [-0.3, -0.25) is 0 Å². The number of aromatic nitrogens is 1. The summed E-state index contributed by atoms with van der Waals surface area (Å²) in [6, 6.07) is 8.24. The van der Waals surface area contributed by atoms with E-state index in [1.807, 2.05) is 0 Å². The average molecular weight is 256 g/mol. The molecule has 16 heavy (non-hydrogen) atoms. The Morgan fingerprint density at radius 1 is 1.00 bits per heavy atom. The monoisotopic (exact) mass is 255 g/mol. The van der Waals surface area contributed by atoms with E-state index < -0.39 is 0 Å². The lowest BCUT2D eigenvalue weighted by atomic mass is 10.0. The van der Waals surface area contributed by atoms with Crippen LogP contribution < -0.4 is 0 Å². The van der Waals surface area contributed by atoms with Gasteiger partial charge >= 0.3 is 0 Å². The number of aryl methyl sites for hydroxylation is 1. The van der Waals surface area contributed by atoms with Crippen LogP contribution in [0.5, 0.6) is 0 Å². The first kappa shape index (κ1) is 11.4. The highest BCUT2D eigenvalue weighted by Gasteiger charge is 2.04. The molecule has 0 atom stereocenters. The van der Waals surface area contributed by atoms with Crippen molar-refractivity contribution in [2.75, 3.05) is 0 Å². The zero-order valence-electron chi connectivity index (χ0n) is 8.47. The summed E-state index contributed by atoms with van der Waals surface area (Å²) >= 11 is 11.6. The molecule has 1 aromatic carbocycles. The molecule has 4 heteroatoms. The summed E-state index contributed by atoms with van der Waals surface area (Å²) in [5, 5.41) is 0.647. The molecule has 1 aromatic heterocycles. The van der Waals surface area contributed by atoms with Crippen molar-refractivity contribution in [1.29, 1.82) is 0 Å². The summed E-state index contributed by atoms with van der Waals surface area (Å²) in [6.07, 6.45) is 0. The molecule has 0 fully saturated rings. The second kappa shape index (κ2) is 4.40. The molecule has 0 bridgehead atoms. The number of hydrogen-bond acceptors (Lipinski definition) is 1. The van der Waals surface area contributed by atoms with Gasteiger partial charge in [0.1, 0.15) is 16.1 Å². The van der Waals surface area contributed by atoms with Crippen molar-refractivity contribution >= 4 is 23.2 Å². The van der Waals surface area contributed by atoms with Gasteiger partial charge in [-0.25, -0.2) is 9.37 Å². The number of benzene rings is 1. The van der Waals surface area contributed by atoms with E-state index in [0.717, 1.165) is 11.1 Å². The Bertz CT molecular complexity index is 520. The van der Waals surface area contributed by atoms with Crippen molar-refractivity contribution in [3.8, 4) is 11.1 Å². The van der Waals surface area contributed by atoms with Crippen LogP contribution in [-0.4, -0.2) is 4.98 Å². The fourth-order valence-corrected chi connectivity index (χ4v) is 1.92. The number of pyridine rings is 1. The lowest BCUT2D eigenvalue weighted by molar-refractivity contribution is 0.619. The molecule has 0 aliphatic heterocycles. The van der Waals surface area contributed by atoms with Crippen molar-refractivity contribution in [2.24, 2.45) is 0 Å². The third-order valence-corrected chi connectivity index (χ3v) is 2.64. The van der Waals surface area contributed by atoms with E-state index in [9.17, 15) is 4.39 Å². The lowest BCUT2D eigenvalue weighted by Crippen LogP contribution is -1.86. The van der Waals surface area contributed by atoms with Gasteiger partial charge in [0, 0.05) is 0 Å². The van der Waals surface area contributed by atoms with Gasteiger partial charge in [0.25, 0.3) is 0 Å². The molecule has 2 rings (SSSR count). The molecule has 1 heterocycles. The normalized spacial score (nSPS) is 10.5. The van der Waals surface area contributed by atoms with Crippen molar-refractivity contribution in [3.05, 3.63) is 52.0 Å². The number of rotatable bonds is 1.